The molecule has 1 amide bonds. The predicted octanol–water partition coefficient (Wildman–Crippen LogP) is 6.52. The van der Waals surface area contributed by atoms with Gasteiger partial charge in [-0.2, -0.15) is 0 Å². The Morgan fingerprint density at radius 2 is 1.67 bits per heavy atom. The van der Waals surface area contributed by atoms with E-state index in [-0.39, 0.29) is 17.8 Å². The summed E-state index contributed by atoms with van der Waals surface area (Å²) < 4.78 is 19.2. The summed E-state index contributed by atoms with van der Waals surface area (Å²) in [6, 6.07) is 13.1. The van der Waals surface area contributed by atoms with Gasteiger partial charge in [0.1, 0.15) is 5.82 Å². The molecule has 1 N–H and O–H groups in total. The minimum absolute atomic E-state index is 0.0640. The fourth-order valence-electron chi connectivity index (χ4n) is 6.86. The molecular weight excluding hydrogens is 491 g/mol. The van der Waals surface area contributed by atoms with Crippen molar-refractivity contribution in [3.63, 3.8) is 0 Å². The van der Waals surface area contributed by atoms with Crippen molar-refractivity contribution in [3.05, 3.63) is 59.5 Å². The van der Waals surface area contributed by atoms with Crippen LogP contribution in [0, 0.1) is 11.7 Å². The fourth-order valence-corrected chi connectivity index (χ4v) is 6.86. The SMILES string of the molecule is O=C(N[C@H]1CC[C@H](CCN2CCC(c3noc4ccc(F)cc34)CC2)CC1)c1ccc(N2CCCCC2)cc1. The molecule has 7 heteroatoms. The third-order valence-electron chi connectivity index (χ3n) is 9.32. The molecule has 1 aliphatic carbocycles. The van der Waals surface area contributed by atoms with Crippen LogP contribution in [0.15, 0.2) is 47.0 Å². The van der Waals surface area contributed by atoms with Crippen molar-refractivity contribution in [2.75, 3.05) is 37.6 Å². The minimum Gasteiger partial charge on any atom is -0.372 e. The molecule has 0 radical (unpaired) electrons. The van der Waals surface area contributed by atoms with E-state index in [1.165, 1.54) is 50.3 Å². The summed E-state index contributed by atoms with van der Waals surface area (Å²) >= 11 is 0. The van der Waals surface area contributed by atoms with Gasteiger partial charge < -0.3 is 19.6 Å². The molecule has 3 aromatic rings. The molecule has 0 bridgehead atoms. The van der Waals surface area contributed by atoms with Gasteiger partial charge in [-0.05, 0) is 132 Å². The van der Waals surface area contributed by atoms with Crippen molar-refractivity contribution in [3.8, 4) is 0 Å². The van der Waals surface area contributed by atoms with Gasteiger partial charge in [0.25, 0.3) is 5.91 Å². The molecular formula is C32H41FN4O2. The van der Waals surface area contributed by atoms with Gasteiger partial charge in [-0.25, -0.2) is 4.39 Å². The molecule has 3 aliphatic rings. The van der Waals surface area contributed by atoms with E-state index in [0.29, 0.717) is 11.5 Å². The van der Waals surface area contributed by atoms with Gasteiger partial charge in [-0.15, -0.1) is 0 Å². The number of hydrogen-bond donors (Lipinski definition) is 1. The Labute approximate surface area is 230 Å². The number of nitrogens with one attached hydrogen (secondary N) is 1. The molecule has 0 spiro atoms. The predicted molar refractivity (Wildman–Crippen MR) is 153 cm³/mol. The van der Waals surface area contributed by atoms with Crippen LogP contribution in [0.25, 0.3) is 11.0 Å². The summed E-state index contributed by atoms with van der Waals surface area (Å²) in [7, 11) is 0. The van der Waals surface area contributed by atoms with Crippen molar-refractivity contribution in [1.29, 1.82) is 0 Å². The Bertz CT molecular complexity index is 1240. The van der Waals surface area contributed by atoms with Crippen molar-refractivity contribution >= 4 is 22.6 Å². The number of fused-ring (bicyclic) bond motifs is 1. The average Bonchev–Trinajstić information content (AvgIpc) is 3.40. The van der Waals surface area contributed by atoms with Crippen molar-refractivity contribution in [2.24, 2.45) is 5.92 Å². The highest BCUT2D eigenvalue weighted by molar-refractivity contribution is 5.94. The number of anilines is 1. The number of likely N-dealkylation sites (tertiary alicyclic amines) is 1. The van der Waals surface area contributed by atoms with E-state index >= 15 is 0 Å². The number of carbonyl (C=O) groups is 1. The van der Waals surface area contributed by atoms with Crippen LogP contribution in [0.4, 0.5) is 10.1 Å². The van der Waals surface area contributed by atoms with E-state index in [9.17, 15) is 9.18 Å². The number of piperidine rings is 2. The van der Waals surface area contributed by atoms with Gasteiger partial charge in [0.15, 0.2) is 5.58 Å². The highest BCUT2D eigenvalue weighted by Gasteiger charge is 2.27. The van der Waals surface area contributed by atoms with Crippen LogP contribution < -0.4 is 10.2 Å². The smallest absolute Gasteiger partial charge is 0.251 e. The first-order valence-corrected chi connectivity index (χ1v) is 15.1. The van der Waals surface area contributed by atoms with E-state index in [4.69, 9.17) is 4.52 Å². The maximum absolute atomic E-state index is 13.7. The first-order chi connectivity index (χ1) is 19.1. The number of aromatic nitrogens is 1. The van der Waals surface area contributed by atoms with Gasteiger partial charge >= 0.3 is 0 Å². The second-order valence-corrected chi connectivity index (χ2v) is 11.9. The lowest BCUT2D eigenvalue weighted by Crippen LogP contribution is -2.38. The zero-order chi connectivity index (χ0) is 26.6. The molecule has 1 saturated carbocycles. The summed E-state index contributed by atoms with van der Waals surface area (Å²) in [6.07, 6.45) is 11.7. The first kappa shape index (κ1) is 26.3. The molecule has 3 fully saturated rings. The number of amides is 1. The number of halogens is 1. The molecule has 208 valence electrons. The Hall–Kier alpha value is -2.93. The molecule has 6 nitrogen and oxygen atoms in total. The van der Waals surface area contributed by atoms with E-state index in [0.717, 1.165) is 81.0 Å². The van der Waals surface area contributed by atoms with E-state index in [1.807, 2.05) is 12.1 Å². The quantitative estimate of drug-likeness (QED) is 0.376. The zero-order valence-electron chi connectivity index (χ0n) is 22.9. The Morgan fingerprint density at radius 3 is 2.41 bits per heavy atom. The van der Waals surface area contributed by atoms with Gasteiger partial charge in [0.05, 0.1) is 5.69 Å². The summed E-state index contributed by atoms with van der Waals surface area (Å²) in [5.74, 6) is 0.904. The maximum Gasteiger partial charge on any atom is 0.251 e. The minimum atomic E-state index is -0.236. The topological polar surface area (TPSA) is 61.6 Å². The van der Waals surface area contributed by atoms with Gasteiger partial charge in [0, 0.05) is 41.7 Å². The summed E-state index contributed by atoms with van der Waals surface area (Å²) in [5, 5.41) is 8.40. The lowest BCUT2D eigenvalue weighted by molar-refractivity contribution is 0.0919. The third-order valence-corrected chi connectivity index (χ3v) is 9.32. The fraction of sp³-hybridized carbons (Fsp3) is 0.562. The lowest BCUT2D eigenvalue weighted by atomic mass is 9.83. The molecule has 3 heterocycles. The van der Waals surface area contributed by atoms with Crippen LogP contribution in [0.1, 0.15) is 86.2 Å². The van der Waals surface area contributed by atoms with Gasteiger partial charge in [0.2, 0.25) is 0 Å². The normalized spacial score (nSPS) is 23.3. The van der Waals surface area contributed by atoms with Crippen LogP contribution in [0.3, 0.4) is 0 Å². The second kappa shape index (κ2) is 12.1. The monoisotopic (exact) mass is 532 g/mol. The zero-order valence-corrected chi connectivity index (χ0v) is 22.9. The number of hydrogen-bond acceptors (Lipinski definition) is 5. The van der Waals surface area contributed by atoms with Crippen LogP contribution in [-0.4, -0.2) is 54.7 Å². The number of rotatable bonds is 7. The van der Waals surface area contributed by atoms with Crippen molar-refractivity contribution in [1.82, 2.24) is 15.4 Å². The van der Waals surface area contributed by atoms with Crippen LogP contribution >= 0.6 is 0 Å². The average molecular weight is 533 g/mol. The Balaban J connectivity index is 0.906. The Kier molecular flexibility index (Phi) is 8.14. The molecule has 6 rings (SSSR count). The molecule has 2 aliphatic heterocycles. The molecule has 0 unspecified atom stereocenters. The highest BCUT2D eigenvalue weighted by Crippen LogP contribution is 2.34. The second-order valence-electron chi connectivity index (χ2n) is 11.9. The molecule has 0 atom stereocenters. The summed E-state index contributed by atoms with van der Waals surface area (Å²) in [5.41, 5.74) is 3.59. The third kappa shape index (κ3) is 6.29. The first-order valence-electron chi connectivity index (χ1n) is 15.1. The van der Waals surface area contributed by atoms with Gasteiger partial charge in [-0.3, -0.25) is 4.79 Å². The molecule has 39 heavy (non-hydrogen) atoms. The Morgan fingerprint density at radius 1 is 0.923 bits per heavy atom. The number of benzene rings is 2. The van der Waals surface area contributed by atoms with E-state index in [2.05, 4.69) is 32.4 Å². The molecule has 1 aromatic heterocycles. The van der Waals surface area contributed by atoms with Crippen LogP contribution in [0.2, 0.25) is 0 Å². The van der Waals surface area contributed by atoms with Crippen LogP contribution in [0.5, 0.6) is 0 Å². The van der Waals surface area contributed by atoms with Crippen LogP contribution in [-0.2, 0) is 0 Å². The van der Waals surface area contributed by atoms with Crippen molar-refractivity contribution in [2.45, 2.75) is 76.2 Å². The van der Waals surface area contributed by atoms with E-state index in [1.54, 1.807) is 12.1 Å². The van der Waals surface area contributed by atoms with Crippen molar-refractivity contribution < 1.29 is 13.7 Å². The largest absolute Gasteiger partial charge is 0.372 e. The highest BCUT2D eigenvalue weighted by atomic mass is 19.1. The number of nitrogens with zero attached hydrogens (tertiary/aromatic N) is 3. The maximum atomic E-state index is 13.7. The number of carbonyl (C=O) groups excluding carboxylic acids is 1. The standard InChI is InChI=1S/C32H41FN4O2/c33-26-8-13-30-29(22-26)31(35-39-30)24-15-20-36(21-16-24)19-14-23-4-9-27(10-5-23)34-32(38)25-6-11-28(12-7-25)37-17-2-1-3-18-37/h6-8,11-13,22-24,27H,1-5,9-10,14-21H2,(H,34,38)/t23-,27-. The van der Waals surface area contributed by atoms with Gasteiger partial charge in [-0.1, -0.05) is 5.16 Å². The summed E-state index contributed by atoms with van der Waals surface area (Å²) in [6.45, 7) is 5.48. The van der Waals surface area contributed by atoms with E-state index < -0.39 is 0 Å². The molecule has 2 aromatic carbocycles. The molecule has 2 saturated heterocycles. The lowest BCUT2D eigenvalue weighted by Gasteiger charge is -2.34. The summed E-state index contributed by atoms with van der Waals surface area (Å²) in [4.78, 5) is 17.9.